The summed E-state index contributed by atoms with van der Waals surface area (Å²) in [5.41, 5.74) is 39.0. The minimum atomic E-state index is -2.22. The smallest absolute Gasteiger partial charge is 0.256 e. The molecule has 0 aliphatic carbocycles. The van der Waals surface area contributed by atoms with Gasteiger partial charge in [-0.25, -0.2) is 36.8 Å². The summed E-state index contributed by atoms with van der Waals surface area (Å²) in [5, 5.41) is 22.3. The number of nitrogens with zero attached hydrogens (tertiary/aromatic N) is 16. The second-order valence-corrected chi connectivity index (χ2v) is 28.7. The quantitative estimate of drug-likeness (QED) is 0.0289. The number of nitrogen functional groups attached to an aromatic ring is 4. The molecule has 16 rings (SSSR count). The second-order valence-electron chi connectivity index (χ2n) is 28.7. The van der Waals surface area contributed by atoms with Gasteiger partial charge in [0, 0.05) is 106 Å². The highest BCUT2D eigenvalue weighted by atomic mass is 19.1. The molecule has 4 aromatic carbocycles. The third-order valence-electron chi connectivity index (χ3n) is 20.2. The number of rotatable bonds is 25. The number of aromatic nitrogens is 16. The topological polar surface area (TPSA) is 387 Å². The number of amides is 2. The van der Waals surface area contributed by atoms with Crippen molar-refractivity contribution in [1.82, 2.24) is 89.0 Å². The SMILES string of the molecule is CCc1ncc(-c2ccn3nc(N)nc3c2)cc1C(=O)CCc1cc(C)ccc1F.COc1ncc(-c2ccn3nc(N)nc3c2)cc1C(=O)NCCC(C)c1ccccc1.Cc1ncc(-c2ccn3nc(N)nc3c2)cc1C(=O)NCCC(C)c1ccccc1.[2H]C([2H])(CC(=O)c1cc(-c2ccn3nc(N)nc3c2)cnc1OC)c1cc(C)ccc1F. The molecular formula is C91H90F2N22O6. The van der Waals surface area contributed by atoms with Crippen LogP contribution in [0.2, 0.25) is 0 Å². The molecule has 121 heavy (non-hydrogen) atoms. The molecule has 16 aromatic rings. The number of carbonyl (C=O) groups excluding carboxylic acids is 4. The predicted molar refractivity (Wildman–Crippen MR) is 461 cm³/mol. The Balaban J connectivity index is 0.000000141. The molecule has 0 spiro atoms. The first-order chi connectivity index (χ1) is 59.2. The molecule has 2 amide bonds. The monoisotopic (exact) mass is 1630 g/mol. The van der Waals surface area contributed by atoms with Gasteiger partial charge in [0.05, 0.1) is 36.7 Å². The molecule has 2 unspecified atom stereocenters. The number of nitrogens with one attached hydrogen (secondary N) is 2. The van der Waals surface area contributed by atoms with Gasteiger partial charge in [0.15, 0.2) is 34.2 Å². The van der Waals surface area contributed by atoms with Crippen molar-refractivity contribution in [2.75, 3.05) is 50.2 Å². The van der Waals surface area contributed by atoms with Crippen molar-refractivity contribution in [2.24, 2.45) is 0 Å². The van der Waals surface area contributed by atoms with Crippen LogP contribution in [-0.4, -0.2) is 129 Å². The maximum absolute atomic E-state index is 14.3. The first-order valence-electron chi connectivity index (χ1n) is 40.0. The number of Topliss-reactive ketones (excluding diaryl/α,β-unsaturated/α-hetero) is 2. The molecule has 0 fully saturated rings. The number of aryl methyl sites for hydroxylation is 6. The van der Waals surface area contributed by atoms with E-state index in [0.717, 1.165) is 57.5 Å². The molecule has 0 saturated heterocycles. The Morgan fingerprint density at radius 3 is 1.25 bits per heavy atom. The lowest BCUT2D eigenvalue weighted by molar-refractivity contribution is 0.0941. The van der Waals surface area contributed by atoms with Gasteiger partial charge in [0.1, 0.15) is 17.2 Å². The van der Waals surface area contributed by atoms with E-state index in [1.54, 1.807) is 106 Å². The van der Waals surface area contributed by atoms with E-state index >= 15 is 0 Å². The highest BCUT2D eigenvalue weighted by molar-refractivity contribution is 6.00. The van der Waals surface area contributed by atoms with E-state index in [2.05, 4.69) is 109 Å². The van der Waals surface area contributed by atoms with Crippen LogP contribution < -0.4 is 43.0 Å². The molecule has 12 heterocycles. The number of carbonyl (C=O) groups is 4. The Hall–Kier alpha value is -15.1. The number of anilines is 4. The van der Waals surface area contributed by atoms with E-state index in [-0.39, 0.29) is 76.5 Å². The second kappa shape index (κ2) is 38.3. The van der Waals surface area contributed by atoms with Crippen molar-refractivity contribution in [2.45, 2.75) is 98.3 Å². The van der Waals surface area contributed by atoms with Crippen molar-refractivity contribution in [3.63, 3.8) is 0 Å². The third kappa shape index (κ3) is 20.8. The van der Waals surface area contributed by atoms with Crippen LogP contribution in [0.5, 0.6) is 11.8 Å². The average Bonchev–Trinajstić information content (AvgIpc) is 1.80. The lowest BCUT2D eigenvalue weighted by Gasteiger charge is -2.14. The number of hydrogen-bond donors (Lipinski definition) is 6. The van der Waals surface area contributed by atoms with Gasteiger partial charge in [-0.05, 0) is 194 Å². The van der Waals surface area contributed by atoms with Gasteiger partial charge in [0.25, 0.3) is 11.8 Å². The first-order valence-corrected chi connectivity index (χ1v) is 39.0. The highest BCUT2D eigenvalue weighted by Gasteiger charge is 2.22. The van der Waals surface area contributed by atoms with E-state index < -0.39 is 24.4 Å². The molecule has 614 valence electrons. The summed E-state index contributed by atoms with van der Waals surface area (Å²) in [4.78, 5) is 85.8. The van der Waals surface area contributed by atoms with Gasteiger partial charge in [-0.15, -0.1) is 20.4 Å². The van der Waals surface area contributed by atoms with Crippen LogP contribution in [0, 0.1) is 32.4 Å². The highest BCUT2D eigenvalue weighted by Crippen LogP contribution is 2.32. The van der Waals surface area contributed by atoms with E-state index in [1.165, 1.54) is 54.3 Å². The fourth-order valence-electron chi connectivity index (χ4n) is 13.5. The Labute approximate surface area is 698 Å². The van der Waals surface area contributed by atoms with Gasteiger partial charge in [-0.3, -0.25) is 29.1 Å². The molecule has 2 atom stereocenters. The standard InChI is InChI=1S/C23H22FN5O.C23H24N6O2.C23H24N6O.C22H20FN5O2/c1-3-20-18(21(30)7-5-16-10-14(2)4-6-19(16)24)11-17(13-26-20)15-8-9-29-22(12-15)27-23(25)28-29;1-15(16-6-4-3-5-7-16)8-10-25-21(30)19-12-18(14-26-22(19)31-2)17-9-11-29-20(13-17)27-23(24)28-29;1-15(17-6-4-3-5-7-17)8-10-25-22(30)20-12-19(14-26-16(20)2)18-9-11-29-21(13-18)27-23(24)28-29;1-13-3-5-18(23)15(9-13)4-6-19(29)17-10-16(12-25-21(17)30-2)14-7-8-28-20(11-14)26-22(24)27-28/h4,6,8-13H,3,5,7H2,1-2H3,(H2,25,28);3-7,9,11-15H,8,10H2,1-2H3,(H2,24,28)(H,25,30);3-7,9,11-15H,8,10H2,1-2H3,(H2,24,28)(H,25,30);3,5,7-12H,4,6H2,1-2H3,(H2,24,27)/i;;;4D2. The summed E-state index contributed by atoms with van der Waals surface area (Å²) >= 11 is 0. The van der Waals surface area contributed by atoms with Crippen LogP contribution >= 0.6 is 0 Å². The van der Waals surface area contributed by atoms with E-state index in [1.807, 2.05) is 106 Å². The van der Waals surface area contributed by atoms with Gasteiger partial charge >= 0.3 is 0 Å². The molecule has 30 heteroatoms. The number of fused-ring (bicyclic) bond motifs is 4. The number of ether oxygens (including phenoxy) is 2. The molecule has 0 aliphatic heterocycles. The van der Waals surface area contributed by atoms with Crippen LogP contribution in [0.1, 0.15) is 147 Å². The summed E-state index contributed by atoms with van der Waals surface area (Å²) in [5.74, 6) is -0.105. The Bertz CT molecular complexity index is 6540. The largest absolute Gasteiger partial charge is 0.480 e. The minimum Gasteiger partial charge on any atom is -0.480 e. The molecule has 0 bridgehead atoms. The lowest BCUT2D eigenvalue weighted by Crippen LogP contribution is -2.26. The fraction of sp³-hybridized carbons (Fsp3) is 0.209. The number of pyridine rings is 8. The number of benzene rings is 4. The van der Waals surface area contributed by atoms with E-state index in [0.29, 0.717) is 105 Å². The summed E-state index contributed by atoms with van der Waals surface area (Å²) in [6, 6.07) is 51.5. The van der Waals surface area contributed by atoms with Crippen molar-refractivity contribution >= 4 is 69.8 Å². The zero-order valence-electron chi connectivity index (χ0n) is 69.8. The van der Waals surface area contributed by atoms with Gasteiger partial charge in [-0.2, -0.15) is 19.9 Å². The number of methoxy groups -OCH3 is 2. The molecule has 10 N–H and O–H groups in total. The van der Waals surface area contributed by atoms with Crippen LogP contribution in [0.15, 0.2) is 219 Å². The summed E-state index contributed by atoms with van der Waals surface area (Å²) in [6.07, 6.45) is 13.8. The van der Waals surface area contributed by atoms with Crippen LogP contribution in [-0.2, 0) is 19.2 Å². The van der Waals surface area contributed by atoms with Gasteiger partial charge < -0.3 is 43.0 Å². The normalized spacial score (nSPS) is 11.9. The van der Waals surface area contributed by atoms with Gasteiger partial charge in [-0.1, -0.05) is 117 Å². The zero-order valence-corrected chi connectivity index (χ0v) is 67.8. The molecular weight excluding hydrogens is 1540 g/mol. The summed E-state index contributed by atoms with van der Waals surface area (Å²) in [6.45, 7) is 12.9. The first kappa shape index (κ1) is 81.1. The van der Waals surface area contributed by atoms with Crippen LogP contribution in [0.3, 0.4) is 0 Å². The van der Waals surface area contributed by atoms with Gasteiger partial charge in [0.2, 0.25) is 35.6 Å². The molecule has 12 aromatic heterocycles. The van der Waals surface area contributed by atoms with E-state index in [4.69, 9.17) is 35.1 Å². The Morgan fingerprint density at radius 1 is 0.438 bits per heavy atom. The fourth-order valence-corrected chi connectivity index (χ4v) is 13.5. The molecule has 28 nitrogen and oxygen atoms in total. The Kier molecular flexibility index (Phi) is 25.7. The van der Waals surface area contributed by atoms with Crippen molar-refractivity contribution in [1.29, 1.82) is 0 Å². The van der Waals surface area contributed by atoms with E-state index in [9.17, 15) is 28.0 Å². The van der Waals surface area contributed by atoms with Crippen LogP contribution in [0.25, 0.3) is 67.1 Å². The number of nitrogens with two attached hydrogens (primary N) is 4. The summed E-state index contributed by atoms with van der Waals surface area (Å²) < 4.78 is 61.8. The van der Waals surface area contributed by atoms with Crippen LogP contribution in [0.4, 0.5) is 32.6 Å². The minimum absolute atomic E-state index is 0.0464. The predicted octanol–water partition coefficient (Wildman–Crippen LogP) is 14.8. The number of halogens is 2. The van der Waals surface area contributed by atoms with Crippen molar-refractivity contribution < 1.29 is 40.2 Å². The zero-order chi connectivity index (χ0) is 87.2. The molecule has 0 radical (unpaired) electrons. The summed E-state index contributed by atoms with van der Waals surface area (Å²) in [7, 11) is 2.87. The number of ketones is 2. The van der Waals surface area contributed by atoms with Crippen molar-refractivity contribution in [3.8, 4) is 56.3 Å². The number of hydrogen-bond acceptors (Lipinski definition) is 22. The maximum Gasteiger partial charge on any atom is 0.256 e. The third-order valence-corrected chi connectivity index (χ3v) is 20.2. The molecule has 0 saturated carbocycles. The molecule has 0 aliphatic rings. The Morgan fingerprint density at radius 2 is 0.810 bits per heavy atom. The average molecular weight is 1630 g/mol. The maximum atomic E-state index is 14.3. The van der Waals surface area contributed by atoms with Crippen molar-refractivity contribution in [3.05, 3.63) is 298 Å². The lowest BCUT2D eigenvalue weighted by atomic mass is 9.97.